The lowest BCUT2D eigenvalue weighted by molar-refractivity contribution is -0.197. The van der Waals surface area contributed by atoms with Gasteiger partial charge >= 0.3 is 12.1 Å². The molecule has 25 heavy (non-hydrogen) atoms. The minimum absolute atomic E-state index is 0.141. The Balaban J connectivity index is 3.01. The maximum absolute atomic E-state index is 12.8. The van der Waals surface area contributed by atoms with Crippen LogP contribution >= 0.6 is 22.6 Å². The van der Waals surface area contributed by atoms with Crippen molar-refractivity contribution < 1.29 is 40.4 Å². The number of halogens is 4. The molecule has 1 aromatic carbocycles. The van der Waals surface area contributed by atoms with E-state index in [0.29, 0.717) is 9.14 Å². The molecule has 0 saturated heterocycles. The lowest BCUT2D eigenvalue weighted by Gasteiger charge is -2.19. The Labute approximate surface area is 155 Å². The van der Waals surface area contributed by atoms with Gasteiger partial charge in [0.1, 0.15) is 18.1 Å². The molecule has 0 aliphatic rings. The van der Waals surface area contributed by atoms with Gasteiger partial charge in [-0.25, -0.2) is 4.79 Å². The number of esters is 1. The van der Waals surface area contributed by atoms with E-state index in [1.807, 2.05) is 22.6 Å². The van der Waals surface area contributed by atoms with Crippen LogP contribution in [0.1, 0.15) is 17.3 Å². The second-order valence-corrected chi connectivity index (χ2v) is 7.73. The smallest absolute Gasteiger partial charge is 0.426 e. The van der Waals surface area contributed by atoms with E-state index in [1.54, 1.807) is 6.92 Å². The van der Waals surface area contributed by atoms with E-state index in [0.717, 1.165) is 0 Å². The van der Waals surface area contributed by atoms with Gasteiger partial charge in [-0.05, 0) is 53.3 Å². The van der Waals surface area contributed by atoms with Gasteiger partial charge < -0.3 is 9.47 Å². The molecule has 0 aliphatic heterocycles. The number of benzene rings is 1. The first kappa shape index (κ1) is 21.7. The SMILES string of the molecule is C=C(C)COc1cc(C(=O)OC(CS(=O)(=O)O)C(F)(F)F)ccc1I. The minimum atomic E-state index is -5.16. The predicted molar refractivity (Wildman–Crippen MR) is 91.1 cm³/mol. The molecule has 1 atom stereocenters. The average molecular weight is 494 g/mol. The van der Waals surface area contributed by atoms with E-state index in [9.17, 15) is 26.4 Å². The van der Waals surface area contributed by atoms with Crippen molar-refractivity contribution in [1.29, 1.82) is 0 Å². The Hall–Kier alpha value is -1.34. The van der Waals surface area contributed by atoms with E-state index in [-0.39, 0.29) is 17.9 Å². The minimum Gasteiger partial charge on any atom is -0.488 e. The first-order chi connectivity index (χ1) is 11.3. The quantitative estimate of drug-likeness (QED) is 0.271. The van der Waals surface area contributed by atoms with E-state index in [2.05, 4.69) is 11.3 Å². The van der Waals surface area contributed by atoms with Gasteiger partial charge in [-0.15, -0.1) is 0 Å². The normalized spacial score (nSPS) is 13.2. The van der Waals surface area contributed by atoms with Crippen LogP contribution < -0.4 is 4.74 Å². The molecule has 0 radical (unpaired) electrons. The third-order valence-corrected chi connectivity index (χ3v) is 4.23. The van der Waals surface area contributed by atoms with Gasteiger partial charge in [-0.2, -0.15) is 21.6 Å². The lowest BCUT2D eigenvalue weighted by atomic mass is 10.2. The van der Waals surface area contributed by atoms with Crippen LogP contribution in [0, 0.1) is 3.57 Å². The number of rotatable bonds is 7. The molecule has 0 fully saturated rings. The predicted octanol–water partition coefficient (Wildman–Crippen LogP) is 3.22. The lowest BCUT2D eigenvalue weighted by Crippen LogP contribution is -2.39. The van der Waals surface area contributed by atoms with Crippen molar-refractivity contribution >= 4 is 38.7 Å². The summed E-state index contributed by atoms with van der Waals surface area (Å²) in [7, 11) is -5.00. The fourth-order valence-corrected chi connectivity index (χ4v) is 2.66. The summed E-state index contributed by atoms with van der Waals surface area (Å²) < 4.78 is 78.5. The molecule has 1 rings (SSSR count). The van der Waals surface area contributed by atoms with Gasteiger partial charge in [0.2, 0.25) is 6.10 Å². The topological polar surface area (TPSA) is 89.9 Å². The second kappa shape index (κ2) is 8.36. The van der Waals surface area contributed by atoms with Gasteiger partial charge in [0.25, 0.3) is 10.1 Å². The van der Waals surface area contributed by atoms with Crippen molar-refractivity contribution in [3.05, 3.63) is 39.5 Å². The molecule has 0 bridgehead atoms. The Morgan fingerprint density at radius 3 is 2.48 bits per heavy atom. The summed E-state index contributed by atoms with van der Waals surface area (Å²) in [5, 5.41) is 0. The molecule has 0 aliphatic carbocycles. The van der Waals surface area contributed by atoms with Crippen LogP contribution in [0.5, 0.6) is 5.75 Å². The van der Waals surface area contributed by atoms with Crippen molar-refractivity contribution in [2.75, 3.05) is 12.4 Å². The maximum atomic E-state index is 12.8. The average Bonchev–Trinajstić information content (AvgIpc) is 2.43. The molecule has 0 spiro atoms. The van der Waals surface area contributed by atoms with Crippen LogP contribution in [0.4, 0.5) is 13.2 Å². The molecule has 0 saturated carbocycles. The van der Waals surface area contributed by atoms with Crippen LogP contribution in [0.25, 0.3) is 0 Å². The van der Waals surface area contributed by atoms with Gasteiger partial charge in [0, 0.05) is 0 Å². The van der Waals surface area contributed by atoms with Crippen molar-refractivity contribution in [3.8, 4) is 5.75 Å². The number of alkyl halides is 3. The standard InChI is InChI=1S/C14H14F3IO6S/c1-8(2)6-23-11-5-9(3-4-10(11)18)13(19)24-12(14(15,16)17)7-25(20,21)22/h3-5,12H,1,6-7H2,2H3,(H,20,21,22). The van der Waals surface area contributed by atoms with E-state index in [1.165, 1.54) is 18.2 Å². The Morgan fingerprint density at radius 1 is 1.40 bits per heavy atom. The summed E-state index contributed by atoms with van der Waals surface area (Å²) >= 11 is 1.90. The van der Waals surface area contributed by atoms with Gasteiger partial charge in [-0.1, -0.05) is 6.58 Å². The van der Waals surface area contributed by atoms with E-state index < -0.39 is 34.1 Å². The van der Waals surface area contributed by atoms with Crippen LogP contribution in [0.15, 0.2) is 30.4 Å². The zero-order chi connectivity index (χ0) is 19.4. The number of hydrogen-bond acceptors (Lipinski definition) is 5. The zero-order valence-electron chi connectivity index (χ0n) is 12.8. The third kappa shape index (κ3) is 7.61. The molecular weight excluding hydrogens is 480 g/mol. The van der Waals surface area contributed by atoms with Crippen molar-refractivity contribution in [2.45, 2.75) is 19.2 Å². The molecule has 6 nitrogen and oxygen atoms in total. The number of ether oxygens (including phenoxy) is 2. The highest BCUT2D eigenvalue weighted by molar-refractivity contribution is 14.1. The highest BCUT2D eigenvalue weighted by Crippen LogP contribution is 2.27. The number of hydrogen-bond donors (Lipinski definition) is 1. The van der Waals surface area contributed by atoms with E-state index in [4.69, 9.17) is 9.29 Å². The molecular formula is C14H14F3IO6S. The van der Waals surface area contributed by atoms with Crippen molar-refractivity contribution in [2.24, 2.45) is 0 Å². The van der Waals surface area contributed by atoms with Crippen molar-refractivity contribution in [3.63, 3.8) is 0 Å². The molecule has 1 unspecified atom stereocenters. The summed E-state index contributed by atoms with van der Waals surface area (Å²) in [5.41, 5.74) is 0.427. The largest absolute Gasteiger partial charge is 0.488 e. The first-order valence-electron chi connectivity index (χ1n) is 6.59. The maximum Gasteiger partial charge on any atom is 0.426 e. The summed E-state index contributed by atoms with van der Waals surface area (Å²) in [6.45, 7) is 5.48. The van der Waals surface area contributed by atoms with E-state index >= 15 is 0 Å². The summed E-state index contributed by atoms with van der Waals surface area (Å²) in [6.07, 6.45) is -8.15. The molecule has 11 heteroatoms. The molecule has 1 aromatic rings. The van der Waals surface area contributed by atoms with Crippen molar-refractivity contribution in [1.82, 2.24) is 0 Å². The van der Waals surface area contributed by atoms with Crippen LogP contribution in [-0.4, -0.2) is 43.6 Å². The molecule has 140 valence electrons. The number of carbonyl (C=O) groups excluding carboxylic acids is 1. The summed E-state index contributed by atoms with van der Waals surface area (Å²) in [6, 6.07) is 3.81. The molecule has 0 aromatic heterocycles. The third-order valence-electron chi connectivity index (χ3n) is 2.62. The van der Waals surface area contributed by atoms with Gasteiger partial charge in [0.15, 0.2) is 0 Å². The fraction of sp³-hybridized carbons (Fsp3) is 0.357. The first-order valence-corrected chi connectivity index (χ1v) is 9.28. The highest BCUT2D eigenvalue weighted by atomic mass is 127. The highest BCUT2D eigenvalue weighted by Gasteiger charge is 2.45. The summed E-state index contributed by atoms with van der Waals surface area (Å²) in [5.74, 6) is -2.95. The zero-order valence-corrected chi connectivity index (χ0v) is 15.8. The number of carbonyl (C=O) groups is 1. The molecule has 0 heterocycles. The molecule has 0 amide bonds. The Bertz CT molecular complexity index is 760. The molecule has 1 N–H and O–H groups in total. The summed E-state index contributed by atoms with van der Waals surface area (Å²) in [4.78, 5) is 11.9. The Morgan fingerprint density at radius 2 is 2.00 bits per heavy atom. The van der Waals surface area contributed by atoms with Gasteiger partial charge in [-0.3, -0.25) is 4.55 Å². The van der Waals surface area contributed by atoms with Crippen LogP contribution in [0.2, 0.25) is 0 Å². The fourth-order valence-electron chi connectivity index (χ4n) is 1.53. The van der Waals surface area contributed by atoms with Gasteiger partial charge in [0.05, 0.1) is 9.13 Å². The van der Waals surface area contributed by atoms with Crippen LogP contribution in [-0.2, 0) is 14.9 Å². The Kier molecular flexibility index (Phi) is 7.26. The second-order valence-electron chi connectivity index (χ2n) is 5.08. The van der Waals surface area contributed by atoms with Crippen LogP contribution in [0.3, 0.4) is 0 Å². The monoisotopic (exact) mass is 494 g/mol.